The van der Waals surface area contributed by atoms with Crippen molar-refractivity contribution in [1.29, 1.82) is 0 Å². The average molecular weight is 324 g/mol. The van der Waals surface area contributed by atoms with Crippen LogP contribution in [0.4, 0.5) is 0 Å². The van der Waals surface area contributed by atoms with Gasteiger partial charge in [-0.3, -0.25) is 0 Å². The van der Waals surface area contributed by atoms with Crippen molar-refractivity contribution in [2.24, 2.45) is 0 Å². The molecule has 0 N–H and O–H groups in total. The van der Waals surface area contributed by atoms with Gasteiger partial charge in [-0.15, -0.1) is 0 Å². The van der Waals surface area contributed by atoms with Gasteiger partial charge in [0.1, 0.15) is 18.1 Å². The van der Waals surface area contributed by atoms with Gasteiger partial charge in [0.05, 0.1) is 7.11 Å². The standard InChI is InChI=1S/C22H28O2/c1-5-15-24-22-13-9-20(10-14-22)18(6-2)16-17(3)19-7-11-21(23-4)12-8-19/h5,7-14,17-18H,1,6,15-16H2,2-4H3. The molecule has 2 nitrogen and oxygen atoms in total. The van der Waals surface area contributed by atoms with Crippen molar-refractivity contribution in [3.63, 3.8) is 0 Å². The Labute approximate surface area is 146 Å². The Balaban J connectivity index is 2.03. The van der Waals surface area contributed by atoms with E-state index >= 15 is 0 Å². The summed E-state index contributed by atoms with van der Waals surface area (Å²) in [5.74, 6) is 2.87. The smallest absolute Gasteiger partial charge is 0.119 e. The van der Waals surface area contributed by atoms with E-state index in [1.165, 1.54) is 11.1 Å². The molecule has 0 spiro atoms. The summed E-state index contributed by atoms with van der Waals surface area (Å²) in [6.07, 6.45) is 4.03. The van der Waals surface area contributed by atoms with Crippen molar-refractivity contribution in [3.05, 3.63) is 72.3 Å². The molecule has 2 unspecified atom stereocenters. The van der Waals surface area contributed by atoms with Crippen LogP contribution >= 0.6 is 0 Å². The highest BCUT2D eigenvalue weighted by molar-refractivity contribution is 5.32. The minimum absolute atomic E-state index is 0.512. The molecule has 2 atom stereocenters. The monoisotopic (exact) mass is 324 g/mol. The number of rotatable bonds is 9. The van der Waals surface area contributed by atoms with E-state index in [4.69, 9.17) is 9.47 Å². The van der Waals surface area contributed by atoms with E-state index < -0.39 is 0 Å². The summed E-state index contributed by atoms with van der Waals surface area (Å²) in [6.45, 7) is 8.78. The lowest BCUT2D eigenvalue weighted by atomic mass is 9.84. The largest absolute Gasteiger partial charge is 0.497 e. The summed E-state index contributed by atoms with van der Waals surface area (Å²) < 4.78 is 10.8. The Bertz CT molecular complexity index is 613. The van der Waals surface area contributed by atoms with Crippen LogP contribution in [0.3, 0.4) is 0 Å². The van der Waals surface area contributed by atoms with Gasteiger partial charge in [-0.05, 0) is 60.1 Å². The van der Waals surface area contributed by atoms with Crippen LogP contribution in [0.2, 0.25) is 0 Å². The number of ether oxygens (including phenoxy) is 2. The lowest BCUT2D eigenvalue weighted by Crippen LogP contribution is -2.04. The third kappa shape index (κ3) is 4.89. The highest BCUT2D eigenvalue weighted by Crippen LogP contribution is 2.33. The second kappa shape index (κ2) is 9.17. The van der Waals surface area contributed by atoms with Crippen molar-refractivity contribution in [2.45, 2.75) is 38.5 Å². The SMILES string of the molecule is C=CCOc1ccc(C(CC)CC(C)c2ccc(OC)cc2)cc1. The molecule has 0 saturated carbocycles. The second-order valence-electron chi connectivity index (χ2n) is 6.18. The van der Waals surface area contributed by atoms with Crippen LogP contribution in [0.1, 0.15) is 49.7 Å². The molecule has 0 saturated heterocycles. The molecule has 24 heavy (non-hydrogen) atoms. The van der Waals surface area contributed by atoms with E-state index in [0.717, 1.165) is 24.3 Å². The lowest BCUT2D eigenvalue weighted by molar-refractivity contribution is 0.363. The number of hydrogen-bond acceptors (Lipinski definition) is 2. The number of methoxy groups -OCH3 is 1. The number of hydrogen-bond donors (Lipinski definition) is 0. The zero-order chi connectivity index (χ0) is 17.4. The molecule has 0 bridgehead atoms. The van der Waals surface area contributed by atoms with Gasteiger partial charge in [0.25, 0.3) is 0 Å². The molecule has 0 aliphatic heterocycles. The minimum atomic E-state index is 0.512. The van der Waals surface area contributed by atoms with E-state index in [1.54, 1.807) is 13.2 Å². The molecule has 2 heteroatoms. The first-order valence-corrected chi connectivity index (χ1v) is 8.65. The average Bonchev–Trinajstić information content (AvgIpc) is 2.64. The van der Waals surface area contributed by atoms with E-state index in [0.29, 0.717) is 18.4 Å². The van der Waals surface area contributed by atoms with Crippen molar-refractivity contribution in [2.75, 3.05) is 13.7 Å². The van der Waals surface area contributed by atoms with Gasteiger partial charge in [-0.2, -0.15) is 0 Å². The maximum Gasteiger partial charge on any atom is 0.119 e. The van der Waals surface area contributed by atoms with Gasteiger partial charge in [0, 0.05) is 0 Å². The summed E-state index contributed by atoms with van der Waals surface area (Å²) >= 11 is 0. The molecule has 2 aromatic rings. The van der Waals surface area contributed by atoms with E-state index in [9.17, 15) is 0 Å². The zero-order valence-electron chi connectivity index (χ0n) is 15.0. The normalized spacial score (nSPS) is 13.1. The van der Waals surface area contributed by atoms with Crippen molar-refractivity contribution in [3.8, 4) is 11.5 Å². The molecule has 128 valence electrons. The van der Waals surface area contributed by atoms with E-state index in [-0.39, 0.29) is 0 Å². The van der Waals surface area contributed by atoms with Crippen molar-refractivity contribution >= 4 is 0 Å². The van der Waals surface area contributed by atoms with Crippen LogP contribution in [-0.2, 0) is 0 Å². The highest BCUT2D eigenvalue weighted by atomic mass is 16.5. The summed E-state index contributed by atoms with van der Waals surface area (Å²) in [6, 6.07) is 16.9. The predicted molar refractivity (Wildman–Crippen MR) is 101 cm³/mol. The van der Waals surface area contributed by atoms with Gasteiger partial charge in [-0.1, -0.05) is 50.8 Å². The first-order chi connectivity index (χ1) is 11.7. The van der Waals surface area contributed by atoms with Gasteiger partial charge in [0.15, 0.2) is 0 Å². The summed E-state index contributed by atoms with van der Waals surface area (Å²) in [7, 11) is 1.70. The van der Waals surface area contributed by atoms with Gasteiger partial charge in [-0.25, -0.2) is 0 Å². The maximum atomic E-state index is 5.57. The summed E-state index contributed by atoms with van der Waals surface area (Å²) in [4.78, 5) is 0. The molecule has 0 heterocycles. The minimum Gasteiger partial charge on any atom is -0.497 e. The maximum absolute atomic E-state index is 5.57. The van der Waals surface area contributed by atoms with Crippen LogP contribution in [0.15, 0.2) is 61.2 Å². The molecule has 2 aromatic carbocycles. The van der Waals surface area contributed by atoms with Crippen LogP contribution in [0.25, 0.3) is 0 Å². The molecular formula is C22H28O2. The summed E-state index contributed by atoms with van der Waals surface area (Å²) in [5, 5.41) is 0. The third-order valence-electron chi connectivity index (χ3n) is 4.54. The first-order valence-electron chi connectivity index (χ1n) is 8.65. The van der Waals surface area contributed by atoms with Crippen molar-refractivity contribution < 1.29 is 9.47 Å². The van der Waals surface area contributed by atoms with E-state index in [1.807, 2.05) is 12.1 Å². The van der Waals surface area contributed by atoms with Crippen LogP contribution in [-0.4, -0.2) is 13.7 Å². The first kappa shape index (κ1) is 18.1. The Kier molecular flexibility index (Phi) is 6.92. The van der Waals surface area contributed by atoms with Crippen LogP contribution in [0.5, 0.6) is 11.5 Å². The quantitative estimate of drug-likeness (QED) is 0.531. The molecule has 0 aliphatic carbocycles. The topological polar surface area (TPSA) is 18.5 Å². The van der Waals surface area contributed by atoms with E-state index in [2.05, 4.69) is 56.8 Å². The predicted octanol–water partition coefficient (Wildman–Crippen LogP) is 5.95. The van der Waals surface area contributed by atoms with Gasteiger partial charge in [0.2, 0.25) is 0 Å². The Morgan fingerprint density at radius 3 is 2.08 bits per heavy atom. The van der Waals surface area contributed by atoms with Crippen LogP contribution < -0.4 is 9.47 Å². The Hall–Kier alpha value is -2.22. The number of benzene rings is 2. The van der Waals surface area contributed by atoms with Crippen molar-refractivity contribution in [1.82, 2.24) is 0 Å². The van der Waals surface area contributed by atoms with Gasteiger partial charge < -0.3 is 9.47 Å². The zero-order valence-corrected chi connectivity index (χ0v) is 15.0. The molecular weight excluding hydrogens is 296 g/mol. The molecule has 0 aromatic heterocycles. The van der Waals surface area contributed by atoms with Crippen LogP contribution in [0, 0.1) is 0 Å². The third-order valence-corrected chi connectivity index (χ3v) is 4.54. The molecule has 0 aliphatic rings. The molecule has 0 amide bonds. The molecule has 0 radical (unpaired) electrons. The fourth-order valence-corrected chi connectivity index (χ4v) is 3.03. The fraction of sp³-hybridized carbons (Fsp3) is 0.364. The van der Waals surface area contributed by atoms with Gasteiger partial charge >= 0.3 is 0 Å². The Morgan fingerprint density at radius 2 is 1.54 bits per heavy atom. The Morgan fingerprint density at radius 1 is 0.958 bits per heavy atom. The second-order valence-corrected chi connectivity index (χ2v) is 6.18. The molecule has 0 fully saturated rings. The lowest BCUT2D eigenvalue weighted by Gasteiger charge is -2.21. The summed E-state index contributed by atoms with van der Waals surface area (Å²) in [5.41, 5.74) is 2.74. The fourth-order valence-electron chi connectivity index (χ4n) is 3.03. The highest BCUT2D eigenvalue weighted by Gasteiger charge is 2.15. The molecule has 2 rings (SSSR count).